The lowest BCUT2D eigenvalue weighted by Gasteiger charge is -2.22. The number of hydrogen-bond donors (Lipinski definition) is 2. The summed E-state index contributed by atoms with van der Waals surface area (Å²) in [7, 11) is 0. The van der Waals surface area contributed by atoms with Crippen LogP contribution in [0.25, 0.3) is 0 Å². The van der Waals surface area contributed by atoms with Crippen LogP contribution in [-0.4, -0.2) is 25.2 Å². The van der Waals surface area contributed by atoms with E-state index in [9.17, 15) is 0 Å². The molecule has 0 aromatic rings. The van der Waals surface area contributed by atoms with Crippen molar-refractivity contribution < 1.29 is 4.84 Å². The molecule has 0 amide bonds. The first kappa shape index (κ1) is 9.45. The van der Waals surface area contributed by atoms with Gasteiger partial charge >= 0.3 is 0 Å². The Hall–Kier alpha value is -0.640. The van der Waals surface area contributed by atoms with Gasteiger partial charge in [-0.3, -0.25) is 4.84 Å². The first-order valence-corrected chi connectivity index (χ1v) is 4.23. The van der Waals surface area contributed by atoms with E-state index in [4.69, 9.17) is 4.84 Å². The van der Waals surface area contributed by atoms with Gasteiger partial charge in [-0.25, -0.2) is 0 Å². The summed E-state index contributed by atoms with van der Waals surface area (Å²) in [6, 6.07) is 0.753. The van der Waals surface area contributed by atoms with Crippen LogP contribution in [0.2, 0.25) is 0 Å². The lowest BCUT2D eigenvalue weighted by Crippen LogP contribution is -2.43. The van der Waals surface area contributed by atoms with Crippen molar-refractivity contribution in [1.82, 2.24) is 10.8 Å². The van der Waals surface area contributed by atoms with E-state index in [2.05, 4.69) is 36.5 Å². The van der Waals surface area contributed by atoms with E-state index >= 15 is 0 Å². The molecule has 0 saturated heterocycles. The summed E-state index contributed by atoms with van der Waals surface area (Å²) in [5, 5.41) is 3.30. The van der Waals surface area contributed by atoms with Gasteiger partial charge < -0.3 is 5.32 Å². The highest BCUT2D eigenvalue weighted by Gasteiger charge is 2.10. The lowest BCUT2D eigenvalue weighted by atomic mass is 10.1. The van der Waals surface area contributed by atoms with Crippen LogP contribution in [0.5, 0.6) is 0 Å². The molecule has 2 atom stereocenters. The third-order valence-electron chi connectivity index (χ3n) is 1.73. The molecule has 12 heavy (non-hydrogen) atoms. The zero-order chi connectivity index (χ0) is 8.81. The van der Waals surface area contributed by atoms with Gasteiger partial charge in [-0.2, -0.15) is 5.48 Å². The Kier molecular flexibility index (Phi) is 4.00. The second-order valence-corrected chi connectivity index (χ2v) is 2.91. The van der Waals surface area contributed by atoms with Gasteiger partial charge in [0.05, 0.1) is 12.6 Å². The second kappa shape index (κ2) is 5.09. The van der Waals surface area contributed by atoms with Crippen molar-refractivity contribution in [3.8, 4) is 0 Å². The van der Waals surface area contributed by atoms with E-state index < -0.39 is 0 Å². The molecular formula is C9H16N2O. The highest BCUT2D eigenvalue weighted by Crippen LogP contribution is 1.96. The van der Waals surface area contributed by atoms with Gasteiger partial charge in [-0.15, -0.1) is 6.58 Å². The lowest BCUT2D eigenvalue weighted by molar-refractivity contribution is 0.0449. The van der Waals surface area contributed by atoms with E-state index in [0.29, 0.717) is 12.6 Å². The van der Waals surface area contributed by atoms with Crippen LogP contribution in [0.4, 0.5) is 0 Å². The smallest absolute Gasteiger partial charge is 0.0861 e. The van der Waals surface area contributed by atoms with E-state index in [0.717, 1.165) is 6.54 Å². The summed E-state index contributed by atoms with van der Waals surface area (Å²) >= 11 is 0. The largest absolute Gasteiger partial charge is 0.309 e. The first-order chi connectivity index (χ1) is 5.83. The normalized spacial score (nSPS) is 28.8. The minimum atomic E-state index is 0.279. The molecule has 0 fully saturated rings. The van der Waals surface area contributed by atoms with Crippen molar-refractivity contribution in [1.29, 1.82) is 0 Å². The van der Waals surface area contributed by atoms with Crippen molar-refractivity contribution in [3.05, 3.63) is 24.8 Å². The number of nitrogens with one attached hydrogen (secondary N) is 2. The van der Waals surface area contributed by atoms with Crippen molar-refractivity contribution in [2.45, 2.75) is 19.0 Å². The molecule has 2 N–H and O–H groups in total. The summed E-state index contributed by atoms with van der Waals surface area (Å²) in [5.74, 6) is 0. The molecule has 0 aromatic carbocycles. The average Bonchev–Trinajstić information content (AvgIpc) is 2.09. The minimum absolute atomic E-state index is 0.279. The van der Waals surface area contributed by atoms with Gasteiger partial charge in [0, 0.05) is 12.6 Å². The molecule has 68 valence electrons. The summed E-state index contributed by atoms with van der Waals surface area (Å²) in [6.45, 7) is 7.13. The molecule has 0 aromatic heterocycles. The quantitative estimate of drug-likeness (QED) is 0.366. The zero-order valence-electron chi connectivity index (χ0n) is 7.42. The summed E-state index contributed by atoms with van der Waals surface area (Å²) in [4.78, 5) is 5.10. The summed E-state index contributed by atoms with van der Waals surface area (Å²) in [6.07, 6.45) is 5.96. The molecule has 1 aliphatic rings. The Morgan fingerprint density at radius 2 is 2.58 bits per heavy atom. The van der Waals surface area contributed by atoms with Gasteiger partial charge in [0.25, 0.3) is 0 Å². The number of hydrogen-bond acceptors (Lipinski definition) is 3. The maximum Gasteiger partial charge on any atom is 0.0861 e. The molecule has 0 unspecified atom stereocenters. The maximum absolute atomic E-state index is 5.10. The van der Waals surface area contributed by atoms with Gasteiger partial charge in [0.1, 0.15) is 0 Å². The third-order valence-corrected chi connectivity index (χ3v) is 1.73. The highest BCUT2D eigenvalue weighted by atomic mass is 16.6. The molecule has 1 heterocycles. The van der Waals surface area contributed by atoms with Crippen LogP contribution in [0, 0.1) is 0 Å². The molecule has 3 heteroatoms. The molecule has 0 spiro atoms. The highest BCUT2D eigenvalue weighted by molar-refractivity contribution is 5.03. The Morgan fingerprint density at radius 1 is 1.75 bits per heavy atom. The fourth-order valence-electron chi connectivity index (χ4n) is 1.04. The molecule has 1 rings (SSSR count). The number of rotatable bonds is 4. The van der Waals surface area contributed by atoms with Crippen molar-refractivity contribution >= 4 is 0 Å². The van der Waals surface area contributed by atoms with Crippen LogP contribution in [0.15, 0.2) is 24.8 Å². The van der Waals surface area contributed by atoms with Gasteiger partial charge in [0.2, 0.25) is 0 Å². The predicted molar refractivity (Wildman–Crippen MR) is 49.7 cm³/mol. The Bertz CT molecular complexity index is 168. The topological polar surface area (TPSA) is 33.3 Å². The molecule has 0 aliphatic carbocycles. The van der Waals surface area contributed by atoms with Crippen molar-refractivity contribution in [3.63, 3.8) is 0 Å². The van der Waals surface area contributed by atoms with E-state index in [1.807, 2.05) is 0 Å². The maximum atomic E-state index is 5.10. The third kappa shape index (κ3) is 3.17. The van der Waals surface area contributed by atoms with Crippen LogP contribution in [-0.2, 0) is 4.84 Å². The standard InChI is InChI=1S/C9H16N2O/c1-3-6-12-11-9-5-4-8(2)10-7-9/h3-5,8-11H,1,6-7H2,2H3/t8-,9-/m1/s1. The van der Waals surface area contributed by atoms with E-state index in [1.165, 1.54) is 0 Å². The molecule has 3 nitrogen and oxygen atoms in total. The van der Waals surface area contributed by atoms with Crippen LogP contribution in [0.3, 0.4) is 0 Å². The van der Waals surface area contributed by atoms with Crippen molar-refractivity contribution in [2.24, 2.45) is 0 Å². The molecule has 0 radical (unpaired) electrons. The monoisotopic (exact) mass is 168 g/mol. The van der Waals surface area contributed by atoms with Crippen molar-refractivity contribution in [2.75, 3.05) is 13.2 Å². The average molecular weight is 168 g/mol. The summed E-state index contributed by atoms with van der Waals surface area (Å²) < 4.78 is 0. The molecule has 0 bridgehead atoms. The first-order valence-electron chi connectivity index (χ1n) is 4.23. The van der Waals surface area contributed by atoms with Gasteiger partial charge in [-0.05, 0) is 6.92 Å². The minimum Gasteiger partial charge on any atom is -0.309 e. The molecule has 0 saturated carbocycles. The van der Waals surface area contributed by atoms with Crippen LogP contribution in [0.1, 0.15) is 6.92 Å². The van der Waals surface area contributed by atoms with Crippen LogP contribution < -0.4 is 10.8 Å². The zero-order valence-corrected chi connectivity index (χ0v) is 7.42. The second-order valence-electron chi connectivity index (χ2n) is 2.91. The summed E-state index contributed by atoms with van der Waals surface area (Å²) in [5.41, 5.74) is 2.92. The van der Waals surface area contributed by atoms with Gasteiger partial charge in [-0.1, -0.05) is 18.2 Å². The Labute approximate surface area is 73.4 Å². The fourth-order valence-corrected chi connectivity index (χ4v) is 1.04. The van der Waals surface area contributed by atoms with E-state index in [1.54, 1.807) is 6.08 Å². The Balaban J connectivity index is 2.16. The molecule has 1 aliphatic heterocycles. The molecular weight excluding hydrogens is 152 g/mol. The fraction of sp³-hybridized carbons (Fsp3) is 0.556. The number of hydroxylamine groups is 1. The van der Waals surface area contributed by atoms with Gasteiger partial charge in [0.15, 0.2) is 0 Å². The van der Waals surface area contributed by atoms with Crippen LogP contribution >= 0.6 is 0 Å². The van der Waals surface area contributed by atoms with E-state index in [-0.39, 0.29) is 6.04 Å². The predicted octanol–water partition coefficient (Wildman–Crippen LogP) is 0.610. The SMILES string of the molecule is C=CCON[C@@H]1C=C[C@@H](C)NC1. The Morgan fingerprint density at radius 3 is 3.17 bits per heavy atom.